The van der Waals surface area contributed by atoms with E-state index in [0.29, 0.717) is 11.3 Å². The van der Waals surface area contributed by atoms with Crippen molar-refractivity contribution in [2.24, 2.45) is 0 Å². The van der Waals surface area contributed by atoms with Crippen molar-refractivity contribution in [3.8, 4) is 0 Å². The molecule has 118 valence electrons. The topological polar surface area (TPSA) is 65.7 Å². The van der Waals surface area contributed by atoms with Crippen molar-refractivity contribution in [3.63, 3.8) is 0 Å². The zero-order valence-corrected chi connectivity index (χ0v) is 12.4. The molecule has 0 aliphatic rings. The lowest BCUT2D eigenvalue weighted by Crippen LogP contribution is -2.27. The Hall–Kier alpha value is -1.73. The fraction of sp³-hybridized carbons (Fsp3) is 0.231. The molecule has 2 aromatic rings. The summed E-state index contributed by atoms with van der Waals surface area (Å²) in [6, 6.07) is 2.72. The summed E-state index contributed by atoms with van der Waals surface area (Å²) in [6.07, 6.45) is -4.08. The molecule has 0 unspecified atom stereocenters. The highest BCUT2D eigenvalue weighted by molar-refractivity contribution is 6.36. The van der Waals surface area contributed by atoms with E-state index in [1.807, 2.05) is 0 Å². The third kappa shape index (κ3) is 3.72. The number of aryl methyl sites for hydroxylation is 1. The number of aromatic amines is 2. The van der Waals surface area contributed by atoms with Crippen molar-refractivity contribution in [1.82, 2.24) is 10.2 Å². The van der Waals surface area contributed by atoms with Crippen LogP contribution >= 0.6 is 23.2 Å². The number of aromatic nitrogens is 2. The molecule has 0 radical (unpaired) electrons. The molecule has 1 aromatic heterocycles. The number of alkyl halides is 3. The van der Waals surface area contributed by atoms with Crippen LogP contribution in [-0.2, 0) is 19.0 Å². The molecule has 0 saturated heterocycles. The van der Waals surface area contributed by atoms with Crippen LogP contribution in [0.2, 0.25) is 10.0 Å². The van der Waals surface area contributed by atoms with Gasteiger partial charge >= 0.3 is 11.7 Å². The van der Waals surface area contributed by atoms with Crippen LogP contribution in [-0.4, -0.2) is 10.2 Å². The lowest BCUT2D eigenvalue weighted by Gasteiger charge is -2.12. The summed E-state index contributed by atoms with van der Waals surface area (Å²) in [7, 11) is 0. The highest BCUT2D eigenvalue weighted by Gasteiger charge is 2.31. The molecule has 0 spiro atoms. The second-order valence-electron chi connectivity index (χ2n) is 4.53. The van der Waals surface area contributed by atoms with E-state index in [2.05, 4.69) is 10.2 Å². The Labute approximate surface area is 131 Å². The number of hydrogen-bond acceptors (Lipinski definition) is 2. The van der Waals surface area contributed by atoms with E-state index in [4.69, 9.17) is 23.2 Å². The normalized spacial score (nSPS) is 11.7. The van der Waals surface area contributed by atoms with Gasteiger partial charge in [0.1, 0.15) is 0 Å². The maximum absolute atomic E-state index is 12.6. The molecular formula is C13H9Cl2F3N2O2. The van der Waals surface area contributed by atoms with Crippen LogP contribution in [0.5, 0.6) is 0 Å². The first-order chi connectivity index (χ1) is 10.2. The van der Waals surface area contributed by atoms with E-state index in [9.17, 15) is 22.8 Å². The molecular weight excluding hydrogens is 344 g/mol. The van der Waals surface area contributed by atoms with Crippen LogP contribution in [0.25, 0.3) is 0 Å². The van der Waals surface area contributed by atoms with Crippen molar-refractivity contribution < 1.29 is 13.2 Å². The molecule has 4 nitrogen and oxygen atoms in total. The number of nitrogens with one attached hydrogen (secondary N) is 2. The van der Waals surface area contributed by atoms with Gasteiger partial charge in [-0.2, -0.15) is 13.2 Å². The summed E-state index contributed by atoms with van der Waals surface area (Å²) in [6.45, 7) is 0. The molecule has 2 rings (SSSR count). The average Bonchev–Trinajstić information content (AvgIpc) is 2.40. The van der Waals surface area contributed by atoms with Gasteiger partial charge in [-0.3, -0.25) is 14.7 Å². The molecule has 1 aromatic carbocycles. The predicted octanol–water partition coefficient (Wildman–Crippen LogP) is 3.17. The lowest BCUT2D eigenvalue weighted by molar-refractivity contribution is -0.137. The van der Waals surface area contributed by atoms with Gasteiger partial charge in [-0.1, -0.05) is 23.2 Å². The van der Waals surface area contributed by atoms with Crippen molar-refractivity contribution in [1.29, 1.82) is 0 Å². The van der Waals surface area contributed by atoms with Crippen LogP contribution < -0.4 is 11.0 Å². The van der Waals surface area contributed by atoms with Gasteiger partial charge < -0.3 is 5.10 Å². The zero-order valence-electron chi connectivity index (χ0n) is 10.9. The summed E-state index contributed by atoms with van der Waals surface area (Å²) >= 11 is 11.7. The maximum atomic E-state index is 12.6. The minimum Gasteiger partial charge on any atom is -0.302 e. The SMILES string of the molecule is O=c1cc(CCc2c(Cl)cc(C(F)(F)F)cc2Cl)[nH][nH]c1=O. The lowest BCUT2D eigenvalue weighted by atomic mass is 10.1. The van der Waals surface area contributed by atoms with Gasteiger partial charge in [0, 0.05) is 21.8 Å². The first kappa shape index (κ1) is 16.6. The van der Waals surface area contributed by atoms with E-state index in [1.165, 1.54) is 0 Å². The van der Waals surface area contributed by atoms with Crippen molar-refractivity contribution in [2.45, 2.75) is 19.0 Å². The van der Waals surface area contributed by atoms with Crippen molar-refractivity contribution in [3.05, 3.63) is 65.6 Å². The smallest absolute Gasteiger partial charge is 0.302 e. The molecule has 2 N–H and O–H groups in total. The largest absolute Gasteiger partial charge is 0.416 e. The van der Waals surface area contributed by atoms with E-state index < -0.39 is 22.7 Å². The van der Waals surface area contributed by atoms with Crippen LogP contribution in [0, 0.1) is 0 Å². The second kappa shape index (κ2) is 6.18. The molecule has 0 aliphatic heterocycles. The summed E-state index contributed by atoms with van der Waals surface area (Å²) in [4.78, 5) is 22.1. The van der Waals surface area contributed by atoms with Gasteiger partial charge in [0.25, 0.3) is 0 Å². The molecule has 9 heteroatoms. The standard InChI is InChI=1S/C13H9Cl2F3N2O2/c14-9-3-6(13(16,17)18)4-10(15)8(9)2-1-7-5-11(21)12(22)20-19-7/h3-5H,1-2H2,(H,19,21)(H,20,22). The Bertz CT molecular complexity index is 789. The van der Waals surface area contributed by atoms with E-state index in [0.717, 1.165) is 18.2 Å². The molecule has 0 atom stereocenters. The fourth-order valence-electron chi connectivity index (χ4n) is 1.86. The number of hydrogen-bond donors (Lipinski definition) is 2. The number of rotatable bonds is 3. The summed E-state index contributed by atoms with van der Waals surface area (Å²) in [5.74, 6) is 0. The van der Waals surface area contributed by atoms with Gasteiger partial charge in [0.15, 0.2) is 0 Å². The Morgan fingerprint density at radius 3 is 2.05 bits per heavy atom. The van der Waals surface area contributed by atoms with Crippen molar-refractivity contribution >= 4 is 23.2 Å². The summed E-state index contributed by atoms with van der Waals surface area (Å²) in [5, 5.41) is 4.46. The third-order valence-electron chi connectivity index (χ3n) is 2.98. The first-order valence-electron chi connectivity index (χ1n) is 6.04. The van der Waals surface area contributed by atoms with Gasteiger partial charge in [-0.25, -0.2) is 0 Å². The Kier molecular flexibility index (Phi) is 4.67. The highest BCUT2D eigenvalue weighted by Crippen LogP contribution is 2.36. The summed E-state index contributed by atoms with van der Waals surface area (Å²) < 4.78 is 37.9. The van der Waals surface area contributed by atoms with Crippen LogP contribution in [0.1, 0.15) is 16.8 Å². The predicted molar refractivity (Wildman–Crippen MR) is 76.6 cm³/mol. The maximum Gasteiger partial charge on any atom is 0.416 e. The number of benzene rings is 1. The van der Waals surface area contributed by atoms with Crippen molar-refractivity contribution in [2.75, 3.05) is 0 Å². The quantitative estimate of drug-likeness (QED) is 0.833. The van der Waals surface area contributed by atoms with E-state index in [1.54, 1.807) is 0 Å². The van der Waals surface area contributed by atoms with Crippen LogP contribution in [0.3, 0.4) is 0 Å². The zero-order chi connectivity index (χ0) is 16.5. The minimum absolute atomic E-state index is 0.105. The second-order valence-corrected chi connectivity index (χ2v) is 5.34. The van der Waals surface area contributed by atoms with Gasteiger partial charge in [0.2, 0.25) is 5.43 Å². The summed E-state index contributed by atoms with van der Waals surface area (Å²) in [5.41, 5.74) is -1.67. The molecule has 0 saturated carbocycles. The minimum atomic E-state index is -4.53. The fourth-order valence-corrected chi connectivity index (χ4v) is 2.53. The van der Waals surface area contributed by atoms with E-state index >= 15 is 0 Å². The first-order valence-corrected chi connectivity index (χ1v) is 6.80. The van der Waals surface area contributed by atoms with Gasteiger partial charge in [-0.05, 0) is 30.5 Å². The molecule has 0 aliphatic carbocycles. The molecule has 22 heavy (non-hydrogen) atoms. The van der Waals surface area contributed by atoms with E-state index in [-0.39, 0.29) is 22.9 Å². The number of H-pyrrole nitrogens is 2. The third-order valence-corrected chi connectivity index (χ3v) is 3.65. The Morgan fingerprint density at radius 2 is 1.55 bits per heavy atom. The highest BCUT2D eigenvalue weighted by atomic mass is 35.5. The molecule has 0 amide bonds. The van der Waals surface area contributed by atoms with Gasteiger partial charge in [0.05, 0.1) is 5.56 Å². The molecule has 0 fully saturated rings. The van der Waals surface area contributed by atoms with Crippen LogP contribution in [0.4, 0.5) is 13.2 Å². The van der Waals surface area contributed by atoms with Gasteiger partial charge in [-0.15, -0.1) is 0 Å². The monoisotopic (exact) mass is 352 g/mol. The Balaban J connectivity index is 2.25. The average molecular weight is 353 g/mol. The van der Waals surface area contributed by atoms with Crippen LogP contribution in [0.15, 0.2) is 27.8 Å². The number of halogens is 5. The molecule has 1 heterocycles. The Morgan fingerprint density at radius 1 is 0.955 bits per heavy atom. The molecule has 0 bridgehead atoms.